The van der Waals surface area contributed by atoms with Crippen molar-refractivity contribution >= 4 is 11.9 Å². The first-order chi connectivity index (χ1) is 6.75. The third-order valence-corrected chi connectivity index (χ3v) is 2.16. The summed E-state index contributed by atoms with van der Waals surface area (Å²) in [5, 5.41) is 11.1. The van der Waals surface area contributed by atoms with Gasteiger partial charge in [0.25, 0.3) is 0 Å². The van der Waals surface area contributed by atoms with Crippen LogP contribution in [0, 0.1) is 11.3 Å². The second kappa shape index (κ2) is 5.73. The molecule has 4 heteroatoms. The molecule has 0 fully saturated rings. The molecule has 0 aromatic heterocycles. The molecule has 0 unspecified atom stereocenters. The fourth-order valence-electron chi connectivity index (χ4n) is 1.64. The van der Waals surface area contributed by atoms with E-state index in [0.717, 1.165) is 6.42 Å². The summed E-state index contributed by atoms with van der Waals surface area (Å²) in [6, 6.07) is 0. The highest BCUT2D eigenvalue weighted by Gasteiger charge is 2.27. The van der Waals surface area contributed by atoms with Crippen LogP contribution in [0.4, 0.5) is 0 Å². The minimum atomic E-state index is -0.892. The van der Waals surface area contributed by atoms with Crippen molar-refractivity contribution in [3.05, 3.63) is 0 Å². The maximum atomic E-state index is 11.7. The van der Waals surface area contributed by atoms with Crippen LogP contribution in [0.5, 0.6) is 0 Å². The number of hydrogen-bond acceptors (Lipinski definition) is 2. The summed E-state index contributed by atoms with van der Waals surface area (Å²) in [7, 11) is 0. The lowest BCUT2D eigenvalue weighted by atomic mass is 9.83. The maximum absolute atomic E-state index is 11.7. The number of carbonyl (C=O) groups is 2. The summed E-state index contributed by atoms with van der Waals surface area (Å²) < 4.78 is 0. The fraction of sp³-hybridized carbons (Fsp3) is 0.818. The molecule has 0 saturated heterocycles. The van der Waals surface area contributed by atoms with E-state index in [9.17, 15) is 9.59 Å². The van der Waals surface area contributed by atoms with E-state index in [2.05, 4.69) is 19.2 Å². The van der Waals surface area contributed by atoms with Crippen molar-refractivity contribution in [2.45, 2.75) is 40.5 Å². The summed E-state index contributed by atoms with van der Waals surface area (Å²) in [5.41, 5.74) is -0.424. The molecule has 0 aromatic rings. The Morgan fingerprint density at radius 1 is 1.33 bits per heavy atom. The van der Waals surface area contributed by atoms with Crippen molar-refractivity contribution in [2.24, 2.45) is 11.3 Å². The Kier molecular flexibility index (Phi) is 5.33. The number of carboxylic acids is 1. The molecule has 0 aliphatic heterocycles. The zero-order valence-corrected chi connectivity index (χ0v) is 9.96. The molecule has 0 saturated carbocycles. The predicted octanol–water partition coefficient (Wildman–Crippen LogP) is 1.65. The van der Waals surface area contributed by atoms with Crippen molar-refractivity contribution in [3.8, 4) is 0 Å². The lowest BCUT2D eigenvalue weighted by molar-refractivity contribution is -0.137. The van der Waals surface area contributed by atoms with E-state index in [0.29, 0.717) is 5.92 Å². The summed E-state index contributed by atoms with van der Waals surface area (Å²) in [6.45, 7) is 8.08. The average molecular weight is 215 g/mol. The first-order valence-corrected chi connectivity index (χ1v) is 5.26. The van der Waals surface area contributed by atoms with E-state index in [-0.39, 0.29) is 18.9 Å². The second-order valence-corrected chi connectivity index (χ2v) is 4.88. The molecule has 0 radical (unpaired) electrons. The van der Waals surface area contributed by atoms with Gasteiger partial charge in [-0.2, -0.15) is 0 Å². The summed E-state index contributed by atoms with van der Waals surface area (Å²) >= 11 is 0. The molecule has 2 N–H and O–H groups in total. The number of nitrogens with one attached hydrogen (secondary N) is 1. The minimum absolute atomic E-state index is 0.0243. The number of carboxylic acid groups (broad SMARTS) is 1. The van der Waals surface area contributed by atoms with Gasteiger partial charge in [-0.3, -0.25) is 9.59 Å². The van der Waals surface area contributed by atoms with Gasteiger partial charge in [0.15, 0.2) is 0 Å². The lowest BCUT2D eigenvalue weighted by Crippen LogP contribution is -2.38. The normalized spacial score (nSPS) is 11.5. The van der Waals surface area contributed by atoms with Gasteiger partial charge in [0.2, 0.25) is 5.91 Å². The number of hydrogen-bond donors (Lipinski definition) is 2. The molecule has 0 spiro atoms. The minimum Gasteiger partial charge on any atom is -0.481 e. The Balaban J connectivity index is 4.02. The Hall–Kier alpha value is -1.06. The molecule has 0 heterocycles. The summed E-state index contributed by atoms with van der Waals surface area (Å²) in [5.74, 6) is -0.514. The Bertz CT molecular complexity index is 234. The van der Waals surface area contributed by atoms with Gasteiger partial charge in [0.1, 0.15) is 0 Å². The predicted molar refractivity (Wildman–Crippen MR) is 58.5 cm³/mol. The SMILES string of the molecule is CC(C)CC(C)(C)C(=O)NCCC(=O)O. The van der Waals surface area contributed by atoms with E-state index in [1.807, 2.05) is 13.8 Å². The quantitative estimate of drug-likeness (QED) is 0.708. The van der Waals surface area contributed by atoms with Crippen molar-refractivity contribution in [2.75, 3.05) is 6.54 Å². The first kappa shape index (κ1) is 13.9. The van der Waals surface area contributed by atoms with Crippen molar-refractivity contribution in [1.29, 1.82) is 0 Å². The number of aliphatic carboxylic acids is 1. The monoisotopic (exact) mass is 215 g/mol. The van der Waals surface area contributed by atoms with E-state index in [1.54, 1.807) is 0 Å². The molecule has 1 amide bonds. The van der Waals surface area contributed by atoms with Gasteiger partial charge in [0.05, 0.1) is 6.42 Å². The van der Waals surface area contributed by atoms with E-state index in [1.165, 1.54) is 0 Å². The number of amides is 1. The van der Waals surface area contributed by atoms with Gasteiger partial charge in [-0.1, -0.05) is 27.7 Å². The molecule has 4 nitrogen and oxygen atoms in total. The Labute approximate surface area is 91.1 Å². The zero-order chi connectivity index (χ0) is 12.1. The van der Waals surface area contributed by atoms with Gasteiger partial charge < -0.3 is 10.4 Å². The van der Waals surface area contributed by atoms with E-state index >= 15 is 0 Å². The number of rotatable bonds is 6. The lowest BCUT2D eigenvalue weighted by Gasteiger charge is -2.25. The van der Waals surface area contributed by atoms with Crippen LogP contribution in [-0.2, 0) is 9.59 Å². The number of carbonyl (C=O) groups excluding carboxylic acids is 1. The molecule has 0 atom stereocenters. The molecule has 0 aliphatic carbocycles. The van der Waals surface area contributed by atoms with Crippen molar-refractivity contribution in [1.82, 2.24) is 5.32 Å². The second-order valence-electron chi connectivity index (χ2n) is 4.88. The van der Waals surface area contributed by atoms with Crippen LogP contribution >= 0.6 is 0 Å². The molecule has 0 rings (SSSR count). The third kappa shape index (κ3) is 6.10. The van der Waals surface area contributed by atoms with Crippen LogP contribution in [0.15, 0.2) is 0 Å². The molecular weight excluding hydrogens is 194 g/mol. The van der Waals surface area contributed by atoms with E-state index in [4.69, 9.17) is 5.11 Å². The van der Waals surface area contributed by atoms with Crippen molar-refractivity contribution < 1.29 is 14.7 Å². The Morgan fingerprint density at radius 2 is 1.87 bits per heavy atom. The van der Waals surface area contributed by atoms with Crippen LogP contribution in [-0.4, -0.2) is 23.5 Å². The first-order valence-electron chi connectivity index (χ1n) is 5.26. The van der Waals surface area contributed by atoms with Gasteiger partial charge in [-0.15, -0.1) is 0 Å². The fourth-order valence-corrected chi connectivity index (χ4v) is 1.64. The Morgan fingerprint density at radius 3 is 2.27 bits per heavy atom. The molecule has 0 bridgehead atoms. The molecule has 88 valence electrons. The standard InChI is InChI=1S/C11H21NO3/c1-8(2)7-11(3,4)10(15)12-6-5-9(13)14/h8H,5-7H2,1-4H3,(H,12,15)(H,13,14). The van der Waals surface area contributed by atoms with Gasteiger partial charge in [-0.05, 0) is 12.3 Å². The molecule has 0 aromatic carbocycles. The summed E-state index contributed by atoms with van der Waals surface area (Å²) in [4.78, 5) is 21.9. The largest absolute Gasteiger partial charge is 0.481 e. The van der Waals surface area contributed by atoms with Crippen LogP contribution in [0.3, 0.4) is 0 Å². The summed E-state index contributed by atoms with van der Waals surface area (Å²) in [6.07, 6.45) is 0.773. The van der Waals surface area contributed by atoms with Crippen molar-refractivity contribution in [3.63, 3.8) is 0 Å². The highest BCUT2D eigenvalue weighted by atomic mass is 16.4. The smallest absolute Gasteiger partial charge is 0.305 e. The topological polar surface area (TPSA) is 66.4 Å². The average Bonchev–Trinajstić information content (AvgIpc) is 2.00. The van der Waals surface area contributed by atoms with Crippen LogP contribution in [0.2, 0.25) is 0 Å². The zero-order valence-electron chi connectivity index (χ0n) is 9.96. The molecule has 15 heavy (non-hydrogen) atoms. The van der Waals surface area contributed by atoms with Crippen LogP contribution < -0.4 is 5.32 Å². The van der Waals surface area contributed by atoms with Gasteiger partial charge in [0, 0.05) is 12.0 Å². The highest BCUT2D eigenvalue weighted by molar-refractivity contribution is 5.82. The third-order valence-electron chi connectivity index (χ3n) is 2.16. The highest BCUT2D eigenvalue weighted by Crippen LogP contribution is 2.25. The van der Waals surface area contributed by atoms with E-state index < -0.39 is 11.4 Å². The molecular formula is C11H21NO3. The van der Waals surface area contributed by atoms with Crippen LogP contribution in [0.1, 0.15) is 40.5 Å². The van der Waals surface area contributed by atoms with Crippen LogP contribution in [0.25, 0.3) is 0 Å². The molecule has 0 aliphatic rings. The van der Waals surface area contributed by atoms with Gasteiger partial charge >= 0.3 is 5.97 Å². The van der Waals surface area contributed by atoms with Gasteiger partial charge in [-0.25, -0.2) is 0 Å². The maximum Gasteiger partial charge on any atom is 0.305 e.